The highest BCUT2D eigenvalue weighted by molar-refractivity contribution is 4.86. The third-order valence-corrected chi connectivity index (χ3v) is 3.99. The van der Waals surface area contributed by atoms with Crippen LogP contribution in [0.3, 0.4) is 0 Å². The van der Waals surface area contributed by atoms with E-state index in [1.807, 2.05) is 0 Å². The van der Waals surface area contributed by atoms with Gasteiger partial charge < -0.3 is 15.2 Å². The maximum absolute atomic E-state index is 9.37. The average molecular weight is 286 g/mol. The van der Waals surface area contributed by atoms with Gasteiger partial charge >= 0.3 is 0 Å². The number of morpholine rings is 1. The minimum Gasteiger partial charge on any atom is -0.394 e. The molecule has 0 radical (unpaired) electrons. The number of aliphatic hydroxyl groups excluding tert-OH is 1. The normalized spacial score (nSPS) is 25.6. The van der Waals surface area contributed by atoms with Crippen molar-refractivity contribution in [2.24, 2.45) is 5.41 Å². The Bertz CT molecular complexity index is 287. The summed E-state index contributed by atoms with van der Waals surface area (Å²) < 4.78 is 5.87. The first-order valence-corrected chi connectivity index (χ1v) is 7.92. The fourth-order valence-corrected chi connectivity index (χ4v) is 3.08. The maximum atomic E-state index is 9.37. The number of aliphatic hydroxyl groups is 1. The summed E-state index contributed by atoms with van der Waals surface area (Å²) in [5.74, 6) is 0. The van der Waals surface area contributed by atoms with Gasteiger partial charge in [-0.05, 0) is 38.8 Å². The van der Waals surface area contributed by atoms with Crippen LogP contribution in [-0.4, -0.2) is 60.5 Å². The van der Waals surface area contributed by atoms with Gasteiger partial charge in [-0.2, -0.15) is 0 Å². The Morgan fingerprint density at radius 1 is 1.40 bits per heavy atom. The Labute approximate surface area is 124 Å². The van der Waals surface area contributed by atoms with Crippen molar-refractivity contribution in [3.05, 3.63) is 0 Å². The zero-order valence-electron chi connectivity index (χ0n) is 14.2. The average Bonchev–Trinajstić information content (AvgIpc) is 2.31. The van der Waals surface area contributed by atoms with Crippen molar-refractivity contribution in [1.29, 1.82) is 0 Å². The lowest BCUT2D eigenvalue weighted by Crippen LogP contribution is -2.54. The van der Waals surface area contributed by atoms with E-state index in [2.05, 4.69) is 51.8 Å². The van der Waals surface area contributed by atoms with Crippen LogP contribution in [0.15, 0.2) is 0 Å². The first-order valence-electron chi connectivity index (χ1n) is 7.92. The zero-order chi connectivity index (χ0) is 15.4. The summed E-state index contributed by atoms with van der Waals surface area (Å²) in [6.07, 6.45) is 1.08. The van der Waals surface area contributed by atoms with E-state index in [9.17, 15) is 5.11 Å². The smallest absolute Gasteiger partial charge is 0.0940 e. The minimum absolute atomic E-state index is 0.0500. The van der Waals surface area contributed by atoms with Crippen LogP contribution in [0.25, 0.3) is 0 Å². The minimum atomic E-state index is -0.166. The number of nitrogens with zero attached hydrogens (tertiary/aromatic N) is 1. The predicted molar refractivity (Wildman–Crippen MR) is 84.0 cm³/mol. The van der Waals surface area contributed by atoms with E-state index in [-0.39, 0.29) is 23.7 Å². The lowest BCUT2D eigenvalue weighted by atomic mass is 9.84. The monoisotopic (exact) mass is 286 g/mol. The third kappa shape index (κ3) is 5.68. The highest BCUT2D eigenvalue weighted by Gasteiger charge is 2.33. The van der Waals surface area contributed by atoms with Gasteiger partial charge in [0.25, 0.3) is 0 Å². The van der Waals surface area contributed by atoms with E-state index >= 15 is 0 Å². The van der Waals surface area contributed by atoms with Gasteiger partial charge in [-0.1, -0.05) is 27.7 Å². The molecule has 0 bridgehead atoms. The van der Waals surface area contributed by atoms with Gasteiger partial charge in [-0.3, -0.25) is 4.90 Å². The standard InChI is InChI=1S/C16H34N2O2/c1-7-17-14(15(2,3)4)8-9-18-10-13(11-19)20-16(5,6)12-18/h13-14,17,19H,7-12H2,1-6H3. The number of rotatable bonds is 6. The molecule has 120 valence electrons. The molecule has 2 unspecified atom stereocenters. The van der Waals surface area contributed by atoms with Crippen molar-refractivity contribution in [1.82, 2.24) is 10.2 Å². The molecule has 2 N–H and O–H groups in total. The first-order chi connectivity index (χ1) is 9.18. The Kier molecular flexibility index (Phi) is 6.45. The highest BCUT2D eigenvalue weighted by atomic mass is 16.5. The largest absolute Gasteiger partial charge is 0.394 e. The van der Waals surface area contributed by atoms with Gasteiger partial charge in [0.2, 0.25) is 0 Å². The van der Waals surface area contributed by atoms with E-state index in [0.29, 0.717) is 6.04 Å². The summed E-state index contributed by atoms with van der Waals surface area (Å²) in [5.41, 5.74) is 0.106. The van der Waals surface area contributed by atoms with Gasteiger partial charge in [-0.15, -0.1) is 0 Å². The van der Waals surface area contributed by atoms with Crippen molar-refractivity contribution in [2.45, 2.75) is 65.7 Å². The molecule has 1 aliphatic heterocycles. The Morgan fingerprint density at radius 2 is 2.05 bits per heavy atom. The van der Waals surface area contributed by atoms with Crippen molar-refractivity contribution < 1.29 is 9.84 Å². The topological polar surface area (TPSA) is 44.7 Å². The number of ether oxygens (including phenoxy) is 1. The van der Waals surface area contributed by atoms with Gasteiger partial charge in [0.05, 0.1) is 18.3 Å². The van der Waals surface area contributed by atoms with Gasteiger partial charge in [0.15, 0.2) is 0 Å². The quantitative estimate of drug-likeness (QED) is 0.782. The first kappa shape index (κ1) is 17.9. The maximum Gasteiger partial charge on any atom is 0.0940 e. The summed E-state index contributed by atoms with van der Waals surface area (Å²) in [4.78, 5) is 2.43. The molecule has 0 saturated carbocycles. The summed E-state index contributed by atoms with van der Waals surface area (Å²) >= 11 is 0. The second-order valence-electron chi connectivity index (χ2n) is 7.68. The molecular formula is C16H34N2O2. The molecule has 1 saturated heterocycles. The molecule has 1 aliphatic rings. The molecule has 0 aromatic rings. The SMILES string of the molecule is CCNC(CCN1CC(CO)OC(C)(C)C1)C(C)(C)C. The second kappa shape index (κ2) is 7.21. The molecule has 0 aromatic heterocycles. The Balaban J connectivity index is 2.54. The molecule has 4 heteroatoms. The fraction of sp³-hybridized carbons (Fsp3) is 1.00. The lowest BCUT2D eigenvalue weighted by molar-refractivity contribution is -0.149. The van der Waals surface area contributed by atoms with Crippen LogP contribution in [0.1, 0.15) is 48.0 Å². The molecule has 0 aliphatic carbocycles. The van der Waals surface area contributed by atoms with Crippen molar-refractivity contribution in [3.8, 4) is 0 Å². The van der Waals surface area contributed by atoms with Crippen molar-refractivity contribution in [2.75, 3.05) is 32.8 Å². The predicted octanol–water partition coefficient (Wildman–Crippen LogP) is 1.87. The molecule has 2 atom stereocenters. The summed E-state index contributed by atoms with van der Waals surface area (Å²) in [7, 11) is 0. The van der Waals surface area contributed by atoms with Crippen LogP contribution in [0.4, 0.5) is 0 Å². The molecule has 4 nitrogen and oxygen atoms in total. The molecule has 0 spiro atoms. The van der Waals surface area contributed by atoms with Gasteiger partial charge in [0.1, 0.15) is 0 Å². The lowest BCUT2D eigenvalue weighted by Gasteiger charge is -2.43. The summed E-state index contributed by atoms with van der Waals surface area (Å²) in [6, 6.07) is 0.519. The number of hydrogen-bond donors (Lipinski definition) is 2. The molecule has 1 fully saturated rings. The molecule has 0 amide bonds. The van der Waals surface area contributed by atoms with Crippen LogP contribution < -0.4 is 5.32 Å². The number of nitrogens with one attached hydrogen (secondary N) is 1. The van der Waals surface area contributed by atoms with Gasteiger partial charge in [-0.25, -0.2) is 0 Å². The summed E-state index contributed by atoms with van der Waals surface area (Å²) in [6.45, 7) is 17.2. The molecule has 0 aromatic carbocycles. The Hall–Kier alpha value is -0.160. The third-order valence-electron chi connectivity index (χ3n) is 3.99. The van der Waals surface area contributed by atoms with Crippen molar-refractivity contribution in [3.63, 3.8) is 0 Å². The molecule has 20 heavy (non-hydrogen) atoms. The van der Waals surface area contributed by atoms with Crippen LogP contribution in [0.5, 0.6) is 0 Å². The van der Waals surface area contributed by atoms with E-state index in [1.165, 1.54) is 0 Å². The summed E-state index contributed by atoms with van der Waals surface area (Å²) in [5, 5.41) is 13.0. The van der Waals surface area contributed by atoms with E-state index in [4.69, 9.17) is 4.74 Å². The molecular weight excluding hydrogens is 252 g/mol. The molecule has 1 rings (SSSR count). The Morgan fingerprint density at radius 3 is 2.55 bits per heavy atom. The van der Waals surface area contributed by atoms with E-state index in [0.717, 1.165) is 32.6 Å². The molecule has 1 heterocycles. The van der Waals surface area contributed by atoms with E-state index in [1.54, 1.807) is 0 Å². The fourth-order valence-electron chi connectivity index (χ4n) is 3.08. The van der Waals surface area contributed by atoms with Gasteiger partial charge in [0, 0.05) is 19.1 Å². The van der Waals surface area contributed by atoms with Crippen LogP contribution in [-0.2, 0) is 4.74 Å². The van der Waals surface area contributed by atoms with Crippen LogP contribution in [0.2, 0.25) is 0 Å². The highest BCUT2D eigenvalue weighted by Crippen LogP contribution is 2.24. The van der Waals surface area contributed by atoms with Crippen LogP contribution in [0, 0.1) is 5.41 Å². The van der Waals surface area contributed by atoms with Crippen molar-refractivity contribution >= 4 is 0 Å². The van der Waals surface area contributed by atoms with Crippen LogP contribution >= 0.6 is 0 Å². The second-order valence-corrected chi connectivity index (χ2v) is 7.68. The zero-order valence-corrected chi connectivity index (χ0v) is 14.2. The van der Waals surface area contributed by atoms with E-state index < -0.39 is 0 Å². The number of hydrogen-bond acceptors (Lipinski definition) is 4.